The molecule has 0 spiro atoms. The molecule has 1 aliphatic rings. The first-order valence-corrected chi connectivity index (χ1v) is 10.8. The molecule has 1 aliphatic heterocycles. The highest BCUT2D eigenvalue weighted by atomic mass is 19.1. The van der Waals surface area contributed by atoms with Crippen LogP contribution in [-0.2, 0) is 23.2 Å². The molecule has 3 aromatic rings. The Morgan fingerprint density at radius 2 is 1.87 bits per heavy atom. The van der Waals surface area contributed by atoms with E-state index in [9.17, 15) is 9.18 Å². The summed E-state index contributed by atoms with van der Waals surface area (Å²) in [6, 6.07) is 11.1. The Bertz CT molecular complexity index is 1060. The third-order valence-electron chi connectivity index (χ3n) is 6.35. The van der Waals surface area contributed by atoms with Gasteiger partial charge in [0.2, 0.25) is 5.91 Å². The number of hydrogen-bond donors (Lipinski definition) is 2. The summed E-state index contributed by atoms with van der Waals surface area (Å²) in [7, 11) is 0. The van der Waals surface area contributed by atoms with Crippen LogP contribution in [0.5, 0.6) is 0 Å². The van der Waals surface area contributed by atoms with E-state index in [2.05, 4.69) is 41.0 Å². The monoisotopic (exact) mass is 420 g/mol. The molecule has 3 heterocycles. The fraction of sp³-hybridized carbons (Fsp3) is 0.400. The predicted molar refractivity (Wildman–Crippen MR) is 119 cm³/mol. The smallest absolute Gasteiger partial charge is 0.220 e. The summed E-state index contributed by atoms with van der Waals surface area (Å²) < 4.78 is 13.1. The number of imidazole rings is 1. The number of H-pyrrole nitrogens is 1. The third kappa shape index (κ3) is 4.68. The summed E-state index contributed by atoms with van der Waals surface area (Å²) in [5.74, 6) is 0.530. The van der Waals surface area contributed by atoms with Gasteiger partial charge in [-0.25, -0.2) is 9.37 Å². The molecule has 31 heavy (non-hydrogen) atoms. The Hall–Kier alpha value is -3.02. The number of hydrogen-bond acceptors (Lipinski definition) is 3. The molecule has 2 N–H and O–H groups in total. The van der Waals surface area contributed by atoms with Crippen LogP contribution in [0, 0.1) is 11.2 Å². The van der Waals surface area contributed by atoms with E-state index in [1.807, 2.05) is 30.5 Å². The Morgan fingerprint density at radius 1 is 1.10 bits per heavy atom. The van der Waals surface area contributed by atoms with Crippen LogP contribution in [0.25, 0.3) is 11.3 Å². The number of nitrogens with one attached hydrogen (secondary N) is 2. The molecule has 6 heteroatoms. The summed E-state index contributed by atoms with van der Waals surface area (Å²) in [4.78, 5) is 24.5. The summed E-state index contributed by atoms with van der Waals surface area (Å²) in [5, 5.41) is 3.19. The number of nitrogens with zero attached hydrogens (tertiary/aromatic N) is 2. The van der Waals surface area contributed by atoms with Crippen molar-refractivity contribution in [2.45, 2.75) is 58.4 Å². The van der Waals surface area contributed by atoms with E-state index in [1.165, 1.54) is 12.3 Å². The van der Waals surface area contributed by atoms with E-state index in [0.717, 1.165) is 41.2 Å². The molecule has 0 bridgehead atoms. The van der Waals surface area contributed by atoms with Gasteiger partial charge >= 0.3 is 0 Å². The molecule has 162 valence electrons. The molecule has 1 fully saturated rings. The molecule has 1 atom stereocenters. The van der Waals surface area contributed by atoms with Crippen LogP contribution in [0.15, 0.2) is 48.8 Å². The van der Waals surface area contributed by atoms with Crippen molar-refractivity contribution in [3.8, 4) is 11.3 Å². The SMILES string of the molecule is CCC(C)(C)Cc1cnc(C2(Cc3ccc(-c4ccc(F)cn4)cc3)CCC(=O)N2)[nH]1. The highest BCUT2D eigenvalue weighted by Gasteiger charge is 2.42. The third-order valence-corrected chi connectivity index (χ3v) is 6.35. The van der Waals surface area contributed by atoms with E-state index < -0.39 is 5.54 Å². The molecule has 4 rings (SSSR count). The summed E-state index contributed by atoms with van der Waals surface area (Å²) >= 11 is 0. The van der Waals surface area contributed by atoms with E-state index >= 15 is 0 Å². The summed E-state index contributed by atoms with van der Waals surface area (Å²) in [5.41, 5.74) is 3.52. The first kappa shape index (κ1) is 21.2. The number of aromatic nitrogens is 3. The molecular weight excluding hydrogens is 391 g/mol. The van der Waals surface area contributed by atoms with Crippen LogP contribution in [0.4, 0.5) is 4.39 Å². The second-order valence-electron chi connectivity index (χ2n) is 9.32. The lowest BCUT2D eigenvalue weighted by atomic mass is 9.85. The number of benzene rings is 1. The van der Waals surface area contributed by atoms with Crippen LogP contribution >= 0.6 is 0 Å². The van der Waals surface area contributed by atoms with Gasteiger partial charge in [0, 0.05) is 30.3 Å². The number of aromatic amines is 1. The average molecular weight is 421 g/mol. The molecule has 0 radical (unpaired) electrons. The van der Waals surface area contributed by atoms with Crippen LogP contribution in [0.3, 0.4) is 0 Å². The highest BCUT2D eigenvalue weighted by Crippen LogP contribution is 2.34. The molecule has 0 aliphatic carbocycles. The van der Waals surface area contributed by atoms with Gasteiger partial charge in [0.25, 0.3) is 0 Å². The lowest BCUT2D eigenvalue weighted by Crippen LogP contribution is -2.42. The number of carbonyl (C=O) groups is 1. The molecule has 0 saturated carbocycles. The number of pyridine rings is 1. The van der Waals surface area contributed by atoms with Gasteiger partial charge in [-0.3, -0.25) is 9.78 Å². The summed E-state index contributed by atoms with van der Waals surface area (Å²) in [6.07, 6.45) is 6.98. The standard InChI is InChI=1S/C25H29FN4O/c1-4-24(2,3)14-20-16-28-23(29-20)25(12-11-22(31)30-25)13-17-5-7-18(8-6-17)21-10-9-19(26)15-27-21/h5-10,15-16H,4,11-14H2,1-3H3,(H,28,29)(H,30,31). The van der Waals surface area contributed by atoms with Gasteiger partial charge in [0.15, 0.2) is 0 Å². The second-order valence-corrected chi connectivity index (χ2v) is 9.32. The minimum atomic E-state index is -0.526. The van der Waals surface area contributed by atoms with E-state index in [1.54, 1.807) is 6.07 Å². The maximum absolute atomic E-state index is 13.1. The molecule has 1 aromatic carbocycles. The fourth-order valence-corrected chi connectivity index (χ4v) is 4.13. The molecule has 2 aromatic heterocycles. The minimum Gasteiger partial charge on any atom is -0.344 e. The van der Waals surface area contributed by atoms with Crippen molar-refractivity contribution in [2.75, 3.05) is 0 Å². The van der Waals surface area contributed by atoms with Crippen molar-refractivity contribution >= 4 is 5.91 Å². The van der Waals surface area contributed by atoms with Gasteiger partial charge in [-0.2, -0.15) is 0 Å². The lowest BCUT2D eigenvalue weighted by Gasteiger charge is -2.27. The zero-order valence-electron chi connectivity index (χ0n) is 18.3. The van der Waals surface area contributed by atoms with Gasteiger partial charge in [-0.05, 0) is 36.0 Å². The lowest BCUT2D eigenvalue weighted by molar-refractivity contribution is -0.119. The minimum absolute atomic E-state index is 0.0546. The van der Waals surface area contributed by atoms with Crippen molar-refractivity contribution < 1.29 is 9.18 Å². The van der Waals surface area contributed by atoms with Crippen LogP contribution < -0.4 is 5.32 Å². The predicted octanol–water partition coefficient (Wildman–Crippen LogP) is 4.94. The average Bonchev–Trinajstić information content (AvgIpc) is 3.36. The maximum Gasteiger partial charge on any atom is 0.220 e. The zero-order chi connectivity index (χ0) is 22.1. The first-order valence-electron chi connectivity index (χ1n) is 10.8. The van der Waals surface area contributed by atoms with Crippen molar-refractivity contribution in [1.29, 1.82) is 0 Å². The van der Waals surface area contributed by atoms with Gasteiger partial charge in [-0.15, -0.1) is 0 Å². The Labute approximate surface area is 182 Å². The zero-order valence-corrected chi connectivity index (χ0v) is 18.3. The highest BCUT2D eigenvalue weighted by molar-refractivity contribution is 5.79. The van der Waals surface area contributed by atoms with E-state index in [-0.39, 0.29) is 17.1 Å². The topological polar surface area (TPSA) is 70.7 Å². The van der Waals surface area contributed by atoms with Gasteiger partial charge < -0.3 is 10.3 Å². The number of amides is 1. The van der Waals surface area contributed by atoms with E-state index in [4.69, 9.17) is 0 Å². The van der Waals surface area contributed by atoms with Crippen LogP contribution in [0.1, 0.15) is 57.1 Å². The van der Waals surface area contributed by atoms with Crippen LogP contribution in [0.2, 0.25) is 0 Å². The number of rotatable bonds is 7. The maximum atomic E-state index is 13.1. The van der Waals surface area contributed by atoms with Gasteiger partial charge in [0.1, 0.15) is 17.2 Å². The van der Waals surface area contributed by atoms with Crippen molar-refractivity contribution in [3.05, 3.63) is 71.7 Å². The molecular formula is C25H29FN4O. The molecule has 1 saturated heterocycles. The Balaban J connectivity index is 1.57. The second kappa shape index (κ2) is 8.25. The van der Waals surface area contributed by atoms with Crippen molar-refractivity contribution in [2.24, 2.45) is 5.41 Å². The largest absolute Gasteiger partial charge is 0.344 e. The number of carbonyl (C=O) groups excluding carboxylic acids is 1. The van der Waals surface area contributed by atoms with Crippen molar-refractivity contribution in [3.63, 3.8) is 0 Å². The molecule has 5 nitrogen and oxygen atoms in total. The summed E-state index contributed by atoms with van der Waals surface area (Å²) in [6.45, 7) is 6.69. The molecule has 1 amide bonds. The normalized spacial score (nSPS) is 18.9. The number of halogens is 1. The van der Waals surface area contributed by atoms with E-state index in [0.29, 0.717) is 19.3 Å². The Morgan fingerprint density at radius 3 is 2.48 bits per heavy atom. The van der Waals surface area contributed by atoms with Gasteiger partial charge in [0.05, 0.1) is 11.9 Å². The fourth-order valence-electron chi connectivity index (χ4n) is 4.13. The first-order chi connectivity index (χ1) is 14.8. The van der Waals surface area contributed by atoms with Crippen molar-refractivity contribution in [1.82, 2.24) is 20.3 Å². The van der Waals surface area contributed by atoms with Gasteiger partial charge in [-0.1, -0.05) is 51.5 Å². The quantitative estimate of drug-likeness (QED) is 0.569. The van der Waals surface area contributed by atoms with Crippen LogP contribution in [-0.4, -0.2) is 20.9 Å². The Kier molecular flexibility index (Phi) is 5.65. The molecule has 1 unspecified atom stereocenters.